The van der Waals surface area contributed by atoms with Gasteiger partial charge in [-0.05, 0) is 19.1 Å². The highest BCUT2D eigenvalue weighted by Crippen LogP contribution is 2.32. The predicted molar refractivity (Wildman–Crippen MR) is 58.1 cm³/mol. The quantitative estimate of drug-likeness (QED) is 0.784. The summed E-state index contributed by atoms with van der Waals surface area (Å²) in [5, 5.41) is 6.81. The van der Waals surface area contributed by atoms with Gasteiger partial charge in [-0.2, -0.15) is 5.10 Å². The van der Waals surface area contributed by atoms with Crippen molar-refractivity contribution in [2.75, 3.05) is 5.73 Å². The zero-order valence-corrected chi connectivity index (χ0v) is 8.77. The molecule has 0 radical (unpaired) electrons. The molecule has 0 atom stereocenters. The molecule has 0 saturated heterocycles. The second-order valence-electron chi connectivity index (χ2n) is 3.21. The number of benzene rings is 1. The summed E-state index contributed by atoms with van der Waals surface area (Å²) in [6.07, 6.45) is 0. The van der Waals surface area contributed by atoms with Crippen LogP contribution in [0.1, 0.15) is 5.56 Å². The minimum Gasteiger partial charge on any atom is -0.382 e. The number of hydrogen-bond donors (Lipinski definition) is 2. The van der Waals surface area contributed by atoms with E-state index in [2.05, 4.69) is 10.2 Å². The Labute approximate surface area is 91.1 Å². The summed E-state index contributed by atoms with van der Waals surface area (Å²) in [5.74, 6) is -0.0430. The van der Waals surface area contributed by atoms with Gasteiger partial charge in [0.1, 0.15) is 11.6 Å². The van der Waals surface area contributed by atoms with Crippen molar-refractivity contribution in [3.8, 4) is 11.3 Å². The van der Waals surface area contributed by atoms with E-state index in [1.165, 1.54) is 6.07 Å². The van der Waals surface area contributed by atoms with Gasteiger partial charge in [-0.25, -0.2) is 4.39 Å². The number of nitrogen functional groups attached to an aromatic ring is 1. The van der Waals surface area contributed by atoms with E-state index in [4.69, 9.17) is 17.3 Å². The Balaban J connectivity index is 2.69. The van der Waals surface area contributed by atoms with Crippen LogP contribution < -0.4 is 5.73 Å². The van der Waals surface area contributed by atoms with Crippen LogP contribution in [0.2, 0.25) is 5.02 Å². The van der Waals surface area contributed by atoms with E-state index < -0.39 is 5.82 Å². The van der Waals surface area contributed by atoms with Crippen molar-refractivity contribution in [3.63, 3.8) is 0 Å². The van der Waals surface area contributed by atoms with Crippen molar-refractivity contribution < 1.29 is 4.39 Å². The van der Waals surface area contributed by atoms with Crippen molar-refractivity contribution in [3.05, 3.63) is 34.6 Å². The highest BCUT2D eigenvalue weighted by Gasteiger charge is 2.15. The van der Waals surface area contributed by atoms with Crippen LogP contribution in [-0.4, -0.2) is 10.2 Å². The molecule has 2 rings (SSSR count). The molecule has 3 nitrogen and oxygen atoms in total. The maximum absolute atomic E-state index is 13.6. The van der Waals surface area contributed by atoms with Crippen molar-refractivity contribution in [1.29, 1.82) is 0 Å². The van der Waals surface area contributed by atoms with Gasteiger partial charge in [0.25, 0.3) is 0 Å². The van der Waals surface area contributed by atoms with Crippen LogP contribution >= 0.6 is 11.6 Å². The fourth-order valence-electron chi connectivity index (χ4n) is 1.39. The molecule has 0 saturated carbocycles. The lowest BCUT2D eigenvalue weighted by Crippen LogP contribution is -1.89. The zero-order valence-electron chi connectivity index (χ0n) is 8.01. The molecule has 78 valence electrons. The molecule has 0 fully saturated rings. The topological polar surface area (TPSA) is 54.7 Å². The summed E-state index contributed by atoms with van der Waals surface area (Å²) in [6.45, 7) is 1.76. The van der Waals surface area contributed by atoms with E-state index in [-0.39, 0.29) is 0 Å². The van der Waals surface area contributed by atoms with Crippen LogP contribution in [0.3, 0.4) is 0 Å². The van der Waals surface area contributed by atoms with Crippen LogP contribution in [0.5, 0.6) is 0 Å². The number of nitrogens with two attached hydrogens (primary N) is 1. The molecule has 1 aromatic carbocycles. The minimum atomic E-state index is -0.394. The smallest absolute Gasteiger partial charge is 0.148 e. The third kappa shape index (κ3) is 1.57. The normalized spacial score (nSPS) is 10.6. The van der Waals surface area contributed by atoms with E-state index >= 15 is 0 Å². The lowest BCUT2D eigenvalue weighted by atomic mass is 10.1. The van der Waals surface area contributed by atoms with E-state index in [0.29, 0.717) is 27.7 Å². The van der Waals surface area contributed by atoms with E-state index in [1.54, 1.807) is 19.1 Å². The molecule has 0 amide bonds. The van der Waals surface area contributed by atoms with Gasteiger partial charge in [0.2, 0.25) is 0 Å². The predicted octanol–water partition coefficient (Wildman–Crippen LogP) is 2.76. The zero-order chi connectivity index (χ0) is 11.0. The van der Waals surface area contributed by atoms with Crippen molar-refractivity contribution in [2.45, 2.75) is 6.92 Å². The van der Waals surface area contributed by atoms with E-state index in [0.717, 1.165) is 0 Å². The summed E-state index contributed by atoms with van der Waals surface area (Å²) in [5.41, 5.74) is 7.10. The van der Waals surface area contributed by atoms with Crippen molar-refractivity contribution in [1.82, 2.24) is 10.2 Å². The van der Waals surface area contributed by atoms with Crippen molar-refractivity contribution >= 4 is 17.4 Å². The molecule has 0 unspecified atom stereocenters. The molecule has 0 spiro atoms. The first-order chi connectivity index (χ1) is 7.11. The Kier molecular flexibility index (Phi) is 2.36. The molecule has 0 bridgehead atoms. The van der Waals surface area contributed by atoms with Gasteiger partial charge in [-0.15, -0.1) is 0 Å². The van der Waals surface area contributed by atoms with Gasteiger partial charge < -0.3 is 5.73 Å². The molecular formula is C10H9ClFN3. The second kappa shape index (κ2) is 3.55. The average molecular weight is 226 g/mol. The van der Waals surface area contributed by atoms with E-state index in [9.17, 15) is 4.39 Å². The van der Waals surface area contributed by atoms with Crippen LogP contribution in [-0.2, 0) is 0 Å². The summed E-state index contributed by atoms with van der Waals surface area (Å²) >= 11 is 5.92. The summed E-state index contributed by atoms with van der Waals surface area (Å²) in [6, 6.07) is 4.52. The molecule has 0 aliphatic carbocycles. The molecular weight excluding hydrogens is 217 g/mol. The fraction of sp³-hybridized carbons (Fsp3) is 0.100. The maximum atomic E-state index is 13.6. The lowest BCUT2D eigenvalue weighted by Gasteiger charge is -2.04. The van der Waals surface area contributed by atoms with Crippen molar-refractivity contribution in [2.24, 2.45) is 0 Å². The van der Waals surface area contributed by atoms with Crippen LogP contribution in [0.4, 0.5) is 10.2 Å². The van der Waals surface area contributed by atoms with Crippen LogP contribution in [0, 0.1) is 12.7 Å². The fourth-order valence-corrected chi connectivity index (χ4v) is 1.65. The van der Waals surface area contributed by atoms with Gasteiger partial charge in [-0.3, -0.25) is 5.10 Å². The highest BCUT2D eigenvalue weighted by molar-refractivity contribution is 6.33. The first-order valence-corrected chi connectivity index (χ1v) is 4.74. The molecule has 5 heteroatoms. The molecule has 1 heterocycles. The SMILES string of the molecule is Cc1c(N)n[nH]c1-c1c(F)cccc1Cl. The largest absolute Gasteiger partial charge is 0.382 e. The Bertz CT molecular complexity index is 487. The number of H-pyrrole nitrogens is 1. The van der Waals surface area contributed by atoms with Crippen LogP contribution in [0.15, 0.2) is 18.2 Å². The number of aromatic nitrogens is 2. The Morgan fingerprint density at radius 2 is 2.20 bits per heavy atom. The van der Waals surface area contributed by atoms with Gasteiger partial charge in [-0.1, -0.05) is 17.7 Å². The molecule has 2 aromatic rings. The monoisotopic (exact) mass is 225 g/mol. The number of hydrogen-bond acceptors (Lipinski definition) is 2. The Morgan fingerprint density at radius 1 is 1.47 bits per heavy atom. The number of rotatable bonds is 1. The number of aromatic amines is 1. The van der Waals surface area contributed by atoms with Crippen LogP contribution in [0.25, 0.3) is 11.3 Å². The average Bonchev–Trinajstić information content (AvgIpc) is 2.49. The maximum Gasteiger partial charge on any atom is 0.148 e. The molecule has 0 aliphatic rings. The summed E-state index contributed by atoms with van der Waals surface area (Å²) in [7, 11) is 0. The highest BCUT2D eigenvalue weighted by atomic mass is 35.5. The number of nitrogens with one attached hydrogen (secondary N) is 1. The second-order valence-corrected chi connectivity index (χ2v) is 3.61. The first-order valence-electron chi connectivity index (χ1n) is 4.36. The molecule has 3 N–H and O–H groups in total. The summed E-state index contributed by atoms with van der Waals surface area (Å²) in [4.78, 5) is 0. The number of anilines is 1. The third-order valence-electron chi connectivity index (χ3n) is 2.26. The molecule has 1 aromatic heterocycles. The third-order valence-corrected chi connectivity index (χ3v) is 2.58. The Hall–Kier alpha value is -1.55. The number of nitrogens with zero attached hydrogens (tertiary/aromatic N) is 1. The van der Waals surface area contributed by atoms with Gasteiger partial charge in [0.05, 0.1) is 16.3 Å². The number of halogens is 2. The standard InChI is InChI=1S/C10H9ClFN3/c1-5-9(14-15-10(5)13)8-6(11)3-2-4-7(8)12/h2-4H,1H3,(H3,13,14,15). The molecule has 15 heavy (non-hydrogen) atoms. The van der Waals surface area contributed by atoms with E-state index in [1.807, 2.05) is 0 Å². The van der Waals surface area contributed by atoms with Gasteiger partial charge >= 0.3 is 0 Å². The van der Waals surface area contributed by atoms with Gasteiger partial charge in [0.15, 0.2) is 0 Å². The lowest BCUT2D eigenvalue weighted by molar-refractivity contribution is 0.630. The van der Waals surface area contributed by atoms with Gasteiger partial charge in [0, 0.05) is 5.56 Å². The Morgan fingerprint density at radius 3 is 2.73 bits per heavy atom. The molecule has 0 aliphatic heterocycles. The summed E-state index contributed by atoms with van der Waals surface area (Å²) < 4.78 is 13.6. The first kappa shape index (κ1) is 9.98. The minimum absolute atomic E-state index is 0.306.